The van der Waals surface area contributed by atoms with Crippen LogP contribution in [0.3, 0.4) is 0 Å². The van der Waals surface area contributed by atoms with Gasteiger partial charge in [0.2, 0.25) is 5.91 Å². The average Bonchev–Trinajstić information content (AvgIpc) is 2.30. The standard InChI is InChI=1S/C12H11NO4/c1-16-7-12(15)13-8-2-3-11-9(6-8)10(14)4-5-17-11/h2-6H,7H2,1H3,(H,13,15). The van der Waals surface area contributed by atoms with Gasteiger partial charge in [-0.1, -0.05) is 0 Å². The Labute approximate surface area is 97.0 Å². The fourth-order valence-corrected chi connectivity index (χ4v) is 1.49. The molecule has 1 aromatic heterocycles. The highest BCUT2D eigenvalue weighted by Crippen LogP contribution is 2.15. The third-order valence-corrected chi connectivity index (χ3v) is 2.22. The van der Waals surface area contributed by atoms with Gasteiger partial charge in [-0.3, -0.25) is 9.59 Å². The number of carbonyl (C=O) groups excluding carboxylic acids is 1. The Bertz CT molecular complexity index is 603. The Balaban J connectivity index is 2.34. The van der Waals surface area contributed by atoms with Crippen LogP contribution >= 0.6 is 0 Å². The molecule has 1 heterocycles. The first-order valence-corrected chi connectivity index (χ1v) is 5.01. The molecule has 17 heavy (non-hydrogen) atoms. The first-order valence-electron chi connectivity index (χ1n) is 5.01. The second kappa shape index (κ2) is 4.80. The molecule has 1 N–H and O–H groups in total. The summed E-state index contributed by atoms with van der Waals surface area (Å²) < 4.78 is 9.86. The van der Waals surface area contributed by atoms with Crippen molar-refractivity contribution in [3.05, 3.63) is 40.8 Å². The summed E-state index contributed by atoms with van der Waals surface area (Å²) in [7, 11) is 1.44. The van der Waals surface area contributed by atoms with E-state index in [4.69, 9.17) is 9.15 Å². The number of anilines is 1. The van der Waals surface area contributed by atoms with Crippen molar-refractivity contribution in [2.24, 2.45) is 0 Å². The highest BCUT2D eigenvalue weighted by Gasteiger charge is 2.04. The van der Waals surface area contributed by atoms with Crippen LogP contribution in [0.4, 0.5) is 5.69 Å². The van der Waals surface area contributed by atoms with Crippen LogP contribution in [-0.4, -0.2) is 19.6 Å². The lowest BCUT2D eigenvalue weighted by molar-refractivity contribution is -0.119. The van der Waals surface area contributed by atoms with Gasteiger partial charge in [-0.15, -0.1) is 0 Å². The molecule has 0 unspecified atom stereocenters. The summed E-state index contributed by atoms with van der Waals surface area (Å²) in [5, 5.41) is 3.05. The normalized spacial score (nSPS) is 10.4. The number of hydrogen-bond donors (Lipinski definition) is 1. The summed E-state index contributed by atoms with van der Waals surface area (Å²) in [5.41, 5.74) is 0.884. The second-order valence-electron chi connectivity index (χ2n) is 3.48. The average molecular weight is 233 g/mol. The van der Waals surface area contributed by atoms with E-state index in [1.165, 1.54) is 19.4 Å². The molecule has 1 aromatic carbocycles. The van der Waals surface area contributed by atoms with E-state index in [0.29, 0.717) is 16.7 Å². The van der Waals surface area contributed by atoms with Gasteiger partial charge in [0.05, 0.1) is 11.6 Å². The number of carbonyl (C=O) groups is 1. The number of fused-ring (bicyclic) bond motifs is 1. The maximum atomic E-state index is 11.5. The van der Waals surface area contributed by atoms with Crippen LogP contribution in [0.25, 0.3) is 11.0 Å². The molecule has 0 aliphatic carbocycles. The van der Waals surface area contributed by atoms with Gasteiger partial charge in [-0.05, 0) is 18.2 Å². The minimum atomic E-state index is -0.271. The first-order chi connectivity index (χ1) is 8.20. The third-order valence-electron chi connectivity index (χ3n) is 2.22. The van der Waals surface area contributed by atoms with Gasteiger partial charge in [0.1, 0.15) is 12.2 Å². The van der Waals surface area contributed by atoms with Crippen LogP contribution < -0.4 is 10.7 Å². The zero-order chi connectivity index (χ0) is 12.3. The first kappa shape index (κ1) is 11.3. The summed E-state index contributed by atoms with van der Waals surface area (Å²) in [6.45, 7) is -0.0264. The van der Waals surface area contributed by atoms with E-state index in [-0.39, 0.29) is 17.9 Å². The summed E-state index contributed by atoms with van der Waals surface area (Å²) >= 11 is 0. The molecule has 1 amide bonds. The van der Waals surface area contributed by atoms with Crippen LogP contribution in [0.2, 0.25) is 0 Å². The van der Waals surface area contributed by atoms with E-state index in [1.54, 1.807) is 18.2 Å². The molecule has 88 valence electrons. The molecular formula is C12H11NO4. The van der Waals surface area contributed by atoms with Crippen molar-refractivity contribution >= 4 is 22.6 Å². The highest BCUT2D eigenvalue weighted by atomic mass is 16.5. The van der Waals surface area contributed by atoms with E-state index in [9.17, 15) is 9.59 Å². The molecule has 2 rings (SSSR count). The summed E-state index contributed by atoms with van der Waals surface area (Å²) in [5.74, 6) is -0.271. The van der Waals surface area contributed by atoms with Crippen LogP contribution in [0.1, 0.15) is 0 Å². The van der Waals surface area contributed by atoms with Crippen molar-refractivity contribution in [3.63, 3.8) is 0 Å². The molecule has 0 saturated carbocycles. The van der Waals surface area contributed by atoms with Gasteiger partial charge in [-0.25, -0.2) is 0 Å². The topological polar surface area (TPSA) is 68.5 Å². The molecule has 0 bridgehead atoms. The summed E-state index contributed by atoms with van der Waals surface area (Å²) in [4.78, 5) is 22.8. The van der Waals surface area contributed by atoms with E-state index < -0.39 is 0 Å². The minimum Gasteiger partial charge on any atom is -0.464 e. The molecule has 2 aromatic rings. The molecular weight excluding hydrogens is 222 g/mol. The largest absolute Gasteiger partial charge is 0.464 e. The van der Waals surface area contributed by atoms with E-state index in [2.05, 4.69) is 5.32 Å². The van der Waals surface area contributed by atoms with Gasteiger partial charge in [0.25, 0.3) is 0 Å². The molecule has 5 nitrogen and oxygen atoms in total. The maximum absolute atomic E-state index is 11.5. The van der Waals surface area contributed by atoms with E-state index >= 15 is 0 Å². The number of nitrogens with one attached hydrogen (secondary N) is 1. The molecule has 0 atom stereocenters. The van der Waals surface area contributed by atoms with Gasteiger partial charge in [-0.2, -0.15) is 0 Å². The lowest BCUT2D eigenvalue weighted by Crippen LogP contribution is -2.17. The zero-order valence-corrected chi connectivity index (χ0v) is 9.23. The minimum absolute atomic E-state index is 0.0264. The molecule has 0 spiro atoms. The summed E-state index contributed by atoms with van der Waals surface area (Å²) in [6.07, 6.45) is 1.34. The lowest BCUT2D eigenvalue weighted by atomic mass is 10.2. The van der Waals surface area contributed by atoms with Gasteiger partial charge in [0, 0.05) is 18.9 Å². The van der Waals surface area contributed by atoms with E-state index in [1.807, 2.05) is 0 Å². The van der Waals surface area contributed by atoms with Crippen molar-refractivity contribution in [2.45, 2.75) is 0 Å². The van der Waals surface area contributed by atoms with Crippen molar-refractivity contribution in [2.75, 3.05) is 19.0 Å². The fraction of sp³-hybridized carbons (Fsp3) is 0.167. The van der Waals surface area contributed by atoms with Crippen LogP contribution in [0.5, 0.6) is 0 Å². The third kappa shape index (κ3) is 2.51. The zero-order valence-electron chi connectivity index (χ0n) is 9.23. The number of rotatable bonds is 3. The van der Waals surface area contributed by atoms with E-state index in [0.717, 1.165) is 0 Å². The van der Waals surface area contributed by atoms with Crippen LogP contribution in [0, 0.1) is 0 Å². The van der Waals surface area contributed by atoms with Gasteiger partial charge in [0.15, 0.2) is 5.43 Å². The molecule has 0 aliphatic rings. The van der Waals surface area contributed by atoms with Crippen molar-refractivity contribution in [1.82, 2.24) is 0 Å². The van der Waals surface area contributed by atoms with Crippen molar-refractivity contribution in [3.8, 4) is 0 Å². The molecule has 0 fully saturated rings. The number of ether oxygens (including phenoxy) is 1. The maximum Gasteiger partial charge on any atom is 0.250 e. The quantitative estimate of drug-likeness (QED) is 0.869. The number of amides is 1. The lowest BCUT2D eigenvalue weighted by Gasteiger charge is -2.04. The number of methoxy groups -OCH3 is 1. The molecule has 0 saturated heterocycles. The Morgan fingerprint density at radius 1 is 1.41 bits per heavy atom. The Morgan fingerprint density at radius 3 is 3.00 bits per heavy atom. The predicted octanol–water partition coefficient (Wildman–Crippen LogP) is 1.38. The Morgan fingerprint density at radius 2 is 2.24 bits per heavy atom. The van der Waals surface area contributed by atoms with Crippen molar-refractivity contribution < 1.29 is 13.9 Å². The van der Waals surface area contributed by atoms with Gasteiger partial charge >= 0.3 is 0 Å². The summed E-state index contributed by atoms with van der Waals surface area (Å²) in [6, 6.07) is 6.22. The number of hydrogen-bond acceptors (Lipinski definition) is 4. The molecule has 5 heteroatoms. The highest BCUT2D eigenvalue weighted by molar-refractivity contribution is 5.93. The monoisotopic (exact) mass is 233 g/mol. The fourth-order valence-electron chi connectivity index (χ4n) is 1.49. The Kier molecular flexibility index (Phi) is 3.20. The molecule has 0 radical (unpaired) electrons. The number of benzene rings is 1. The Hall–Kier alpha value is -2.14. The van der Waals surface area contributed by atoms with Crippen molar-refractivity contribution in [1.29, 1.82) is 0 Å². The predicted molar refractivity (Wildman–Crippen MR) is 63.0 cm³/mol. The SMILES string of the molecule is COCC(=O)Nc1ccc2occc(=O)c2c1. The van der Waals surface area contributed by atoms with Crippen LogP contribution in [0.15, 0.2) is 39.7 Å². The molecule has 0 aliphatic heterocycles. The van der Waals surface area contributed by atoms with Crippen LogP contribution in [-0.2, 0) is 9.53 Å². The van der Waals surface area contributed by atoms with Gasteiger partial charge < -0.3 is 14.5 Å². The smallest absolute Gasteiger partial charge is 0.250 e. The second-order valence-corrected chi connectivity index (χ2v) is 3.48.